The number of anilines is 2. The number of carbonyl (C=O) groups excluding carboxylic acids is 1. The Kier molecular flexibility index (Phi) is 3.92. The second-order valence-electron chi connectivity index (χ2n) is 3.89. The minimum absolute atomic E-state index is 0.372. The van der Waals surface area contributed by atoms with E-state index in [1.54, 1.807) is 24.4 Å². The molecule has 0 saturated carbocycles. The van der Waals surface area contributed by atoms with Crippen molar-refractivity contribution < 1.29 is 9.53 Å². The highest BCUT2D eigenvalue weighted by Gasteiger charge is 2.03. The Morgan fingerprint density at radius 3 is 2.53 bits per heavy atom. The molecule has 0 saturated heterocycles. The number of urea groups is 1. The van der Waals surface area contributed by atoms with Crippen LogP contribution in [-0.2, 0) is 0 Å². The van der Waals surface area contributed by atoms with E-state index in [0.29, 0.717) is 17.4 Å². The van der Waals surface area contributed by atoms with Crippen LogP contribution in [0.15, 0.2) is 36.7 Å². The molecule has 2 rings (SSSR count). The lowest BCUT2D eigenvalue weighted by Gasteiger charge is -2.07. The molecule has 0 bridgehead atoms. The van der Waals surface area contributed by atoms with Crippen LogP contribution >= 0.6 is 0 Å². The summed E-state index contributed by atoms with van der Waals surface area (Å²) in [6.45, 7) is 1.93. The summed E-state index contributed by atoms with van der Waals surface area (Å²) >= 11 is 0. The highest BCUT2D eigenvalue weighted by atomic mass is 16.5. The Hall–Kier alpha value is -2.63. The monoisotopic (exact) mass is 258 g/mol. The first-order valence-corrected chi connectivity index (χ1v) is 5.68. The lowest BCUT2D eigenvalue weighted by atomic mass is 10.3. The highest BCUT2D eigenvalue weighted by Crippen LogP contribution is 2.11. The first-order valence-electron chi connectivity index (χ1n) is 5.68. The largest absolute Gasteiger partial charge is 0.481 e. The van der Waals surface area contributed by atoms with Gasteiger partial charge in [0.05, 0.1) is 19.0 Å². The molecule has 0 aliphatic carbocycles. The van der Waals surface area contributed by atoms with Gasteiger partial charge in [-0.25, -0.2) is 14.8 Å². The predicted molar refractivity (Wildman–Crippen MR) is 72.4 cm³/mol. The fraction of sp³-hybridized carbons (Fsp3) is 0.154. The Morgan fingerprint density at radius 1 is 1.11 bits per heavy atom. The molecule has 2 heterocycles. The molecule has 2 amide bonds. The van der Waals surface area contributed by atoms with Gasteiger partial charge in [-0.1, -0.05) is 6.07 Å². The van der Waals surface area contributed by atoms with Crippen molar-refractivity contribution in [2.24, 2.45) is 0 Å². The number of pyridine rings is 2. The second-order valence-corrected chi connectivity index (χ2v) is 3.89. The van der Waals surface area contributed by atoms with Crippen molar-refractivity contribution in [3.8, 4) is 5.88 Å². The predicted octanol–water partition coefficient (Wildman–Crippen LogP) is 2.44. The molecule has 0 aliphatic rings. The number of rotatable bonds is 3. The van der Waals surface area contributed by atoms with E-state index in [1.807, 2.05) is 13.0 Å². The van der Waals surface area contributed by atoms with Gasteiger partial charge in [0.25, 0.3) is 0 Å². The van der Waals surface area contributed by atoms with E-state index < -0.39 is 0 Å². The third kappa shape index (κ3) is 3.67. The van der Waals surface area contributed by atoms with Gasteiger partial charge in [-0.15, -0.1) is 0 Å². The second kappa shape index (κ2) is 5.81. The van der Waals surface area contributed by atoms with E-state index >= 15 is 0 Å². The number of aromatic nitrogens is 2. The summed E-state index contributed by atoms with van der Waals surface area (Å²) in [6, 6.07) is 6.61. The van der Waals surface area contributed by atoms with Gasteiger partial charge in [-0.05, 0) is 24.6 Å². The Labute approximate surface area is 110 Å². The van der Waals surface area contributed by atoms with Crippen LogP contribution in [0.25, 0.3) is 0 Å². The van der Waals surface area contributed by atoms with Crippen LogP contribution in [0.3, 0.4) is 0 Å². The molecule has 0 spiro atoms. The Morgan fingerprint density at radius 2 is 1.95 bits per heavy atom. The molecule has 98 valence electrons. The first-order chi connectivity index (χ1) is 9.17. The number of carbonyl (C=O) groups is 1. The smallest absolute Gasteiger partial charge is 0.324 e. The van der Waals surface area contributed by atoms with Gasteiger partial charge in [0.1, 0.15) is 5.82 Å². The number of nitrogens with one attached hydrogen (secondary N) is 2. The molecule has 19 heavy (non-hydrogen) atoms. The molecule has 0 radical (unpaired) electrons. The standard InChI is InChI=1S/C13H14N4O2/c1-9-3-5-11(14-7-9)17-13(18)16-10-4-6-12(19-2)15-8-10/h3-8H,1-2H3,(H2,14,16,17,18). The van der Waals surface area contributed by atoms with Crippen molar-refractivity contribution in [2.75, 3.05) is 17.7 Å². The molecule has 0 aliphatic heterocycles. The number of hydrogen-bond acceptors (Lipinski definition) is 4. The van der Waals surface area contributed by atoms with E-state index in [-0.39, 0.29) is 6.03 Å². The SMILES string of the molecule is COc1ccc(NC(=O)Nc2ccc(C)cn2)cn1. The summed E-state index contributed by atoms with van der Waals surface area (Å²) in [6.07, 6.45) is 3.20. The van der Waals surface area contributed by atoms with Crippen molar-refractivity contribution in [3.05, 3.63) is 42.2 Å². The van der Waals surface area contributed by atoms with Gasteiger partial charge in [-0.3, -0.25) is 5.32 Å². The van der Waals surface area contributed by atoms with Crippen molar-refractivity contribution >= 4 is 17.5 Å². The lowest BCUT2D eigenvalue weighted by molar-refractivity contribution is 0.262. The zero-order valence-electron chi connectivity index (χ0n) is 10.7. The average Bonchev–Trinajstić information content (AvgIpc) is 2.42. The van der Waals surface area contributed by atoms with Crippen molar-refractivity contribution in [2.45, 2.75) is 6.92 Å². The topological polar surface area (TPSA) is 76.1 Å². The minimum Gasteiger partial charge on any atom is -0.481 e. The van der Waals surface area contributed by atoms with Crippen LogP contribution in [0.2, 0.25) is 0 Å². The van der Waals surface area contributed by atoms with Gasteiger partial charge >= 0.3 is 6.03 Å². The van der Waals surface area contributed by atoms with Gasteiger partial charge in [0.15, 0.2) is 0 Å². The van der Waals surface area contributed by atoms with Crippen molar-refractivity contribution in [1.82, 2.24) is 9.97 Å². The molecule has 2 aromatic heterocycles. The normalized spacial score (nSPS) is 9.79. The molecule has 0 fully saturated rings. The maximum absolute atomic E-state index is 11.7. The molecular formula is C13H14N4O2. The van der Waals surface area contributed by atoms with E-state index in [0.717, 1.165) is 5.56 Å². The first kappa shape index (κ1) is 12.8. The average molecular weight is 258 g/mol. The molecule has 6 nitrogen and oxygen atoms in total. The van der Waals surface area contributed by atoms with Crippen LogP contribution in [0.1, 0.15) is 5.56 Å². The maximum Gasteiger partial charge on any atom is 0.324 e. The van der Waals surface area contributed by atoms with E-state index in [1.165, 1.54) is 13.3 Å². The Balaban J connectivity index is 1.95. The van der Waals surface area contributed by atoms with Gasteiger partial charge in [0.2, 0.25) is 5.88 Å². The number of nitrogens with zero attached hydrogens (tertiary/aromatic N) is 2. The fourth-order valence-electron chi connectivity index (χ4n) is 1.40. The van der Waals surface area contributed by atoms with Crippen molar-refractivity contribution in [1.29, 1.82) is 0 Å². The zero-order chi connectivity index (χ0) is 13.7. The van der Waals surface area contributed by atoms with E-state index in [9.17, 15) is 4.79 Å². The zero-order valence-corrected chi connectivity index (χ0v) is 10.7. The van der Waals surface area contributed by atoms with Crippen LogP contribution in [0, 0.1) is 6.92 Å². The minimum atomic E-state index is -0.372. The van der Waals surface area contributed by atoms with E-state index in [4.69, 9.17) is 4.74 Å². The summed E-state index contributed by atoms with van der Waals surface area (Å²) in [5.74, 6) is 0.982. The quantitative estimate of drug-likeness (QED) is 0.886. The summed E-state index contributed by atoms with van der Waals surface area (Å²) < 4.78 is 4.93. The summed E-state index contributed by atoms with van der Waals surface area (Å²) in [4.78, 5) is 19.8. The molecule has 0 atom stereocenters. The number of hydrogen-bond donors (Lipinski definition) is 2. The molecule has 6 heteroatoms. The molecule has 2 N–H and O–H groups in total. The van der Waals surface area contributed by atoms with Crippen molar-refractivity contribution in [3.63, 3.8) is 0 Å². The third-order valence-electron chi connectivity index (χ3n) is 2.36. The number of ether oxygens (including phenoxy) is 1. The van der Waals surface area contributed by atoms with Crippen LogP contribution < -0.4 is 15.4 Å². The number of amides is 2. The van der Waals surface area contributed by atoms with Crippen LogP contribution in [0.5, 0.6) is 5.88 Å². The molecule has 2 aromatic rings. The van der Waals surface area contributed by atoms with Gasteiger partial charge < -0.3 is 10.1 Å². The number of aryl methyl sites for hydroxylation is 1. The highest BCUT2D eigenvalue weighted by molar-refractivity contribution is 5.98. The number of methoxy groups -OCH3 is 1. The fourth-order valence-corrected chi connectivity index (χ4v) is 1.40. The maximum atomic E-state index is 11.7. The van der Waals surface area contributed by atoms with Crippen LogP contribution in [0.4, 0.5) is 16.3 Å². The summed E-state index contributed by atoms with van der Waals surface area (Å²) in [5, 5.41) is 5.27. The molecular weight excluding hydrogens is 244 g/mol. The van der Waals surface area contributed by atoms with Gasteiger partial charge in [0, 0.05) is 12.3 Å². The van der Waals surface area contributed by atoms with E-state index in [2.05, 4.69) is 20.6 Å². The van der Waals surface area contributed by atoms with Crippen LogP contribution in [-0.4, -0.2) is 23.1 Å². The summed E-state index contributed by atoms with van der Waals surface area (Å²) in [5.41, 5.74) is 1.61. The third-order valence-corrected chi connectivity index (χ3v) is 2.36. The molecule has 0 aromatic carbocycles. The lowest BCUT2D eigenvalue weighted by Crippen LogP contribution is -2.20. The Bertz CT molecular complexity index is 552. The summed E-state index contributed by atoms with van der Waals surface area (Å²) in [7, 11) is 1.53. The van der Waals surface area contributed by atoms with Gasteiger partial charge in [-0.2, -0.15) is 0 Å². The molecule has 0 unspecified atom stereocenters.